The Morgan fingerprint density at radius 2 is 1.94 bits per heavy atom. The molecule has 7 heteroatoms. The van der Waals surface area contributed by atoms with Crippen molar-refractivity contribution in [2.45, 2.75) is 32.2 Å². The number of aliphatic hydroxyl groups excluding tert-OH is 1. The van der Waals surface area contributed by atoms with Crippen LogP contribution in [-0.4, -0.2) is 65.1 Å². The number of nitrogens with one attached hydrogen (secondary N) is 1. The molecule has 1 saturated heterocycles. The second kappa shape index (κ2) is 5.83. The average Bonchev–Trinajstić information content (AvgIpc) is 2.23. The Balaban J connectivity index is 2.39. The van der Waals surface area contributed by atoms with Gasteiger partial charge in [0, 0.05) is 13.1 Å². The fourth-order valence-corrected chi connectivity index (χ4v) is 1.73. The number of carbonyl (C=O) groups is 2. The molecule has 0 spiro atoms. The summed E-state index contributed by atoms with van der Waals surface area (Å²) in [4.78, 5) is 23.6. The highest BCUT2D eigenvalue weighted by molar-refractivity contribution is 5.76. The predicted molar refractivity (Wildman–Crippen MR) is 58.6 cm³/mol. The van der Waals surface area contributed by atoms with Crippen molar-refractivity contribution >= 4 is 12.0 Å². The van der Waals surface area contributed by atoms with Crippen LogP contribution >= 0.6 is 0 Å². The van der Waals surface area contributed by atoms with Gasteiger partial charge in [-0.2, -0.15) is 0 Å². The second-order valence-corrected chi connectivity index (χ2v) is 4.20. The molecule has 1 unspecified atom stereocenters. The second-order valence-electron chi connectivity index (χ2n) is 4.20. The van der Waals surface area contributed by atoms with Gasteiger partial charge in [-0.25, -0.2) is 9.59 Å². The molecule has 1 aliphatic rings. The molecule has 2 amide bonds. The van der Waals surface area contributed by atoms with E-state index in [0.717, 1.165) is 0 Å². The zero-order valence-electron chi connectivity index (χ0n) is 9.92. The number of hydrogen-bond acceptors (Lipinski definition) is 4. The van der Waals surface area contributed by atoms with Gasteiger partial charge < -0.3 is 25.2 Å². The van der Waals surface area contributed by atoms with Gasteiger partial charge in [0.05, 0.1) is 18.8 Å². The van der Waals surface area contributed by atoms with Gasteiger partial charge in [-0.15, -0.1) is 0 Å². The first-order chi connectivity index (χ1) is 7.90. The summed E-state index contributed by atoms with van der Waals surface area (Å²) in [7, 11) is 0. The fraction of sp³-hybridized carbons (Fsp3) is 0.800. The number of carboxylic acids is 1. The minimum absolute atomic E-state index is 0.0473. The van der Waals surface area contributed by atoms with Crippen molar-refractivity contribution in [3.05, 3.63) is 0 Å². The molecule has 0 radical (unpaired) electrons. The maximum atomic E-state index is 11.7. The van der Waals surface area contributed by atoms with E-state index in [0.29, 0.717) is 13.1 Å². The summed E-state index contributed by atoms with van der Waals surface area (Å²) in [6, 6.07) is -0.382. The highest BCUT2D eigenvalue weighted by atomic mass is 16.5. The van der Waals surface area contributed by atoms with Crippen LogP contribution in [0.1, 0.15) is 13.8 Å². The van der Waals surface area contributed by atoms with E-state index < -0.39 is 12.1 Å². The van der Waals surface area contributed by atoms with Crippen LogP contribution in [0.25, 0.3) is 0 Å². The molecule has 3 atom stereocenters. The number of morpholine rings is 1. The minimum Gasteiger partial charge on any atom is -0.479 e. The number of hydrogen-bond donors (Lipinski definition) is 3. The minimum atomic E-state index is -1.57. The summed E-state index contributed by atoms with van der Waals surface area (Å²) in [5.41, 5.74) is 0. The molecule has 0 bridgehead atoms. The van der Waals surface area contributed by atoms with Crippen LogP contribution < -0.4 is 5.32 Å². The number of nitrogens with zero attached hydrogens (tertiary/aromatic N) is 1. The van der Waals surface area contributed by atoms with E-state index in [1.807, 2.05) is 13.8 Å². The van der Waals surface area contributed by atoms with Gasteiger partial charge in [0.25, 0.3) is 0 Å². The van der Waals surface area contributed by atoms with Crippen LogP contribution in [0.2, 0.25) is 0 Å². The topological polar surface area (TPSA) is 99.1 Å². The SMILES string of the molecule is C[C@@H]1CN(C(=O)NCC(O)C(=O)O)C[C@H](C)O1. The van der Waals surface area contributed by atoms with Crippen LogP contribution in [0.15, 0.2) is 0 Å². The highest BCUT2D eigenvalue weighted by Crippen LogP contribution is 2.10. The van der Waals surface area contributed by atoms with Crippen molar-refractivity contribution in [2.75, 3.05) is 19.6 Å². The number of aliphatic hydroxyl groups is 1. The third kappa shape index (κ3) is 4.20. The summed E-state index contributed by atoms with van der Waals surface area (Å²) >= 11 is 0. The van der Waals surface area contributed by atoms with Crippen LogP contribution in [0.5, 0.6) is 0 Å². The predicted octanol–water partition coefficient (Wildman–Crippen LogP) is -0.749. The highest BCUT2D eigenvalue weighted by Gasteiger charge is 2.26. The van der Waals surface area contributed by atoms with Crippen LogP contribution in [0, 0.1) is 0 Å². The van der Waals surface area contributed by atoms with E-state index in [1.54, 1.807) is 4.90 Å². The average molecular weight is 246 g/mol. The van der Waals surface area contributed by atoms with Crippen molar-refractivity contribution < 1.29 is 24.5 Å². The number of urea groups is 1. The standard InChI is InChI=1S/C10H18N2O5/c1-6-4-12(5-7(2)17-6)10(16)11-3-8(13)9(14)15/h6-8,13H,3-5H2,1-2H3,(H,11,16)(H,14,15)/t6-,7+,8?. The summed E-state index contributed by atoms with van der Waals surface area (Å²) < 4.78 is 5.47. The van der Waals surface area contributed by atoms with Crippen molar-refractivity contribution in [3.8, 4) is 0 Å². The number of carbonyl (C=O) groups excluding carboxylic acids is 1. The van der Waals surface area contributed by atoms with E-state index in [-0.39, 0.29) is 24.8 Å². The number of rotatable bonds is 3. The number of aliphatic carboxylic acids is 1. The van der Waals surface area contributed by atoms with E-state index in [2.05, 4.69) is 5.32 Å². The molecule has 0 aromatic carbocycles. The van der Waals surface area contributed by atoms with Crippen LogP contribution in [-0.2, 0) is 9.53 Å². The first-order valence-electron chi connectivity index (χ1n) is 5.49. The molecule has 1 aliphatic heterocycles. The van der Waals surface area contributed by atoms with Gasteiger partial charge >= 0.3 is 12.0 Å². The Hall–Kier alpha value is -1.34. The van der Waals surface area contributed by atoms with E-state index in [1.165, 1.54) is 0 Å². The van der Waals surface area contributed by atoms with Crippen LogP contribution in [0.3, 0.4) is 0 Å². The lowest BCUT2D eigenvalue weighted by Crippen LogP contribution is -2.53. The molecule has 0 aliphatic carbocycles. The molecule has 0 saturated carbocycles. The summed E-state index contributed by atoms with van der Waals surface area (Å²) in [6.45, 7) is 4.34. The zero-order valence-corrected chi connectivity index (χ0v) is 9.92. The first kappa shape index (κ1) is 13.7. The van der Waals surface area contributed by atoms with Gasteiger partial charge in [-0.3, -0.25) is 0 Å². The summed E-state index contributed by atoms with van der Waals surface area (Å²) in [6.07, 6.45) is -1.67. The Morgan fingerprint density at radius 1 is 1.41 bits per heavy atom. The fourth-order valence-electron chi connectivity index (χ4n) is 1.73. The van der Waals surface area contributed by atoms with Gasteiger partial charge in [-0.05, 0) is 13.8 Å². The first-order valence-corrected chi connectivity index (χ1v) is 5.49. The zero-order chi connectivity index (χ0) is 13.0. The third-order valence-electron chi connectivity index (χ3n) is 2.44. The molecule has 0 aromatic rings. The molecular formula is C10H18N2O5. The molecule has 1 rings (SSSR count). The smallest absolute Gasteiger partial charge is 0.334 e. The molecule has 98 valence electrons. The number of amides is 2. The Labute approximate surface area is 99.4 Å². The molecule has 17 heavy (non-hydrogen) atoms. The lowest BCUT2D eigenvalue weighted by molar-refractivity contribution is -0.146. The Bertz CT molecular complexity index is 286. The molecule has 0 aromatic heterocycles. The maximum absolute atomic E-state index is 11.7. The van der Waals surface area contributed by atoms with E-state index >= 15 is 0 Å². The monoisotopic (exact) mass is 246 g/mol. The van der Waals surface area contributed by atoms with E-state index in [4.69, 9.17) is 14.9 Å². The Kier molecular flexibility index (Phi) is 4.71. The molecule has 1 fully saturated rings. The lowest BCUT2D eigenvalue weighted by Gasteiger charge is -2.35. The normalized spacial score (nSPS) is 26.4. The van der Waals surface area contributed by atoms with Crippen molar-refractivity contribution in [2.24, 2.45) is 0 Å². The molecule has 7 nitrogen and oxygen atoms in total. The quantitative estimate of drug-likeness (QED) is 0.608. The largest absolute Gasteiger partial charge is 0.479 e. The van der Waals surface area contributed by atoms with Gasteiger partial charge in [0.2, 0.25) is 0 Å². The van der Waals surface area contributed by atoms with Gasteiger partial charge in [0.15, 0.2) is 6.10 Å². The summed E-state index contributed by atoms with van der Waals surface area (Å²) in [5.74, 6) is -1.35. The number of ether oxygens (including phenoxy) is 1. The number of carboxylic acid groups (broad SMARTS) is 1. The maximum Gasteiger partial charge on any atom is 0.334 e. The van der Waals surface area contributed by atoms with Crippen molar-refractivity contribution in [1.82, 2.24) is 10.2 Å². The molecule has 3 N–H and O–H groups in total. The Morgan fingerprint density at radius 3 is 2.41 bits per heavy atom. The molecular weight excluding hydrogens is 228 g/mol. The summed E-state index contributed by atoms with van der Waals surface area (Å²) in [5, 5.41) is 19.8. The lowest BCUT2D eigenvalue weighted by atomic mass is 10.2. The third-order valence-corrected chi connectivity index (χ3v) is 2.44. The van der Waals surface area contributed by atoms with Crippen LogP contribution in [0.4, 0.5) is 4.79 Å². The van der Waals surface area contributed by atoms with Crippen molar-refractivity contribution in [3.63, 3.8) is 0 Å². The van der Waals surface area contributed by atoms with Crippen molar-refractivity contribution in [1.29, 1.82) is 0 Å². The van der Waals surface area contributed by atoms with Gasteiger partial charge in [-0.1, -0.05) is 0 Å². The van der Waals surface area contributed by atoms with E-state index in [9.17, 15) is 9.59 Å². The molecule has 1 heterocycles. The van der Waals surface area contributed by atoms with Gasteiger partial charge in [0.1, 0.15) is 0 Å².